The van der Waals surface area contributed by atoms with Gasteiger partial charge in [-0.25, -0.2) is 23.2 Å². The Labute approximate surface area is 202 Å². The molecule has 0 saturated carbocycles. The Bertz CT molecular complexity index is 1150. The zero-order valence-corrected chi connectivity index (χ0v) is 20.5. The third-order valence-corrected chi connectivity index (χ3v) is 8.01. The highest BCUT2D eigenvalue weighted by atomic mass is 32.2. The van der Waals surface area contributed by atoms with Gasteiger partial charge in [-0.2, -0.15) is 17.5 Å². The molecule has 0 bridgehead atoms. The standard InChI is InChI=1S/C21H28N4O2S.C2HF3O2/c1-3-17-6-8-18(9-7-17)28(26,27)25-14-10-19-16(2)22-21(23-20(19)11-15-25)24-12-4-5-13-24;3-2(4,5)1(6)7/h6-9H,3-5,10-15H2,1-2H3;(H,6,7). The number of rotatable bonds is 4. The van der Waals surface area contributed by atoms with Gasteiger partial charge in [-0.1, -0.05) is 19.1 Å². The van der Waals surface area contributed by atoms with Crippen LogP contribution in [0.25, 0.3) is 0 Å². The van der Waals surface area contributed by atoms with Gasteiger partial charge >= 0.3 is 12.1 Å². The molecule has 2 aliphatic heterocycles. The summed E-state index contributed by atoms with van der Waals surface area (Å²) in [5.74, 6) is -1.95. The lowest BCUT2D eigenvalue weighted by molar-refractivity contribution is -0.192. The fourth-order valence-electron chi connectivity index (χ4n) is 4.10. The molecule has 35 heavy (non-hydrogen) atoms. The number of aromatic nitrogens is 2. The van der Waals surface area contributed by atoms with Gasteiger partial charge in [-0.15, -0.1) is 0 Å². The lowest BCUT2D eigenvalue weighted by Gasteiger charge is -2.20. The minimum absolute atomic E-state index is 0.371. The first kappa shape index (κ1) is 26.9. The number of hydrogen-bond acceptors (Lipinski definition) is 6. The van der Waals surface area contributed by atoms with Crippen LogP contribution < -0.4 is 4.90 Å². The van der Waals surface area contributed by atoms with Crippen LogP contribution in [0, 0.1) is 6.92 Å². The van der Waals surface area contributed by atoms with E-state index in [1.165, 1.54) is 12.8 Å². The topological polar surface area (TPSA) is 104 Å². The Morgan fingerprint density at radius 3 is 2.14 bits per heavy atom. The van der Waals surface area contributed by atoms with Gasteiger partial charge in [0.05, 0.1) is 10.6 Å². The van der Waals surface area contributed by atoms with Crippen LogP contribution in [0.15, 0.2) is 29.2 Å². The Morgan fingerprint density at radius 2 is 1.60 bits per heavy atom. The number of sulfonamides is 1. The number of aliphatic carboxylic acids is 1. The summed E-state index contributed by atoms with van der Waals surface area (Å²) in [4.78, 5) is 21.0. The first-order valence-corrected chi connectivity index (χ1v) is 12.9. The number of benzene rings is 1. The van der Waals surface area contributed by atoms with E-state index in [1.807, 2.05) is 19.1 Å². The molecule has 0 radical (unpaired) electrons. The number of nitrogens with zero attached hydrogens (tertiary/aromatic N) is 4. The van der Waals surface area contributed by atoms with Crippen molar-refractivity contribution in [3.63, 3.8) is 0 Å². The molecule has 12 heteroatoms. The number of alkyl halides is 3. The van der Waals surface area contributed by atoms with Crippen molar-refractivity contribution in [3.05, 3.63) is 46.8 Å². The van der Waals surface area contributed by atoms with Crippen molar-refractivity contribution >= 4 is 21.9 Å². The molecule has 0 atom stereocenters. The van der Waals surface area contributed by atoms with Gasteiger partial charge in [0.1, 0.15) is 0 Å². The lowest BCUT2D eigenvalue weighted by Crippen LogP contribution is -2.33. The zero-order valence-electron chi connectivity index (χ0n) is 19.7. The normalized spacial score (nSPS) is 16.8. The van der Waals surface area contributed by atoms with E-state index >= 15 is 0 Å². The van der Waals surface area contributed by atoms with Crippen molar-refractivity contribution in [1.29, 1.82) is 0 Å². The molecule has 2 aliphatic rings. The van der Waals surface area contributed by atoms with Crippen LogP contribution in [0.4, 0.5) is 19.1 Å². The molecule has 0 spiro atoms. The summed E-state index contributed by atoms with van der Waals surface area (Å²) in [5, 5.41) is 7.12. The second kappa shape index (κ2) is 10.9. The highest BCUT2D eigenvalue weighted by Crippen LogP contribution is 2.25. The molecule has 4 rings (SSSR count). The van der Waals surface area contributed by atoms with E-state index in [0.29, 0.717) is 30.8 Å². The average molecular weight is 515 g/mol. The van der Waals surface area contributed by atoms with Gasteiger partial charge < -0.3 is 10.0 Å². The molecule has 1 fully saturated rings. The number of carboxylic acid groups (broad SMARTS) is 1. The van der Waals surface area contributed by atoms with Crippen LogP contribution in [0.2, 0.25) is 0 Å². The summed E-state index contributed by atoms with van der Waals surface area (Å²) >= 11 is 0. The molecule has 3 heterocycles. The summed E-state index contributed by atoms with van der Waals surface area (Å²) in [6, 6.07) is 7.25. The van der Waals surface area contributed by atoms with Crippen molar-refractivity contribution < 1.29 is 31.5 Å². The van der Waals surface area contributed by atoms with E-state index in [9.17, 15) is 21.6 Å². The predicted molar refractivity (Wildman–Crippen MR) is 124 cm³/mol. The third kappa shape index (κ3) is 6.49. The number of halogens is 3. The van der Waals surface area contributed by atoms with Gasteiger partial charge in [-0.3, -0.25) is 0 Å². The van der Waals surface area contributed by atoms with Crippen molar-refractivity contribution in [2.75, 3.05) is 31.1 Å². The van der Waals surface area contributed by atoms with Gasteiger partial charge in [0, 0.05) is 38.3 Å². The SMILES string of the molecule is CCc1ccc(S(=O)(=O)N2CCc3nc(N4CCCC4)nc(C)c3CC2)cc1.O=C(O)C(F)(F)F. The molecule has 1 aromatic carbocycles. The van der Waals surface area contributed by atoms with Crippen LogP contribution in [0.5, 0.6) is 0 Å². The Hall–Kier alpha value is -2.73. The van der Waals surface area contributed by atoms with Gasteiger partial charge in [0.2, 0.25) is 16.0 Å². The van der Waals surface area contributed by atoms with Crippen LogP contribution in [0.1, 0.15) is 42.3 Å². The summed E-state index contributed by atoms with van der Waals surface area (Å²) in [5.41, 5.74) is 4.25. The molecule has 0 amide bonds. The summed E-state index contributed by atoms with van der Waals surface area (Å²) in [6.45, 7) is 7.03. The number of fused-ring (bicyclic) bond motifs is 1. The number of carboxylic acids is 1. The fraction of sp³-hybridized carbons (Fsp3) is 0.522. The monoisotopic (exact) mass is 514 g/mol. The minimum atomic E-state index is -5.08. The highest BCUT2D eigenvalue weighted by Gasteiger charge is 2.38. The second-order valence-corrected chi connectivity index (χ2v) is 10.4. The molecule has 0 unspecified atom stereocenters. The highest BCUT2D eigenvalue weighted by molar-refractivity contribution is 7.89. The minimum Gasteiger partial charge on any atom is -0.475 e. The molecule has 0 aliphatic carbocycles. The van der Waals surface area contributed by atoms with E-state index in [4.69, 9.17) is 19.9 Å². The molecule has 8 nitrogen and oxygen atoms in total. The molecule has 2 aromatic rings. The maximum absolute atomic E-state index is 13.1. The summed E-state index contributed by atoms with van der Waals surface area (Å²) < 4.78 is 59.6. The van der Waals surface area contributed by atoms with Crippen LogP contribution >= 0.6 is 0 Å². The van der Waals surface area contributed by atoms with Gasteiger partial charge in [-0.05, 0) is 55.9 Å². The Balaban J connectivity index is 0.000000429. The third-order valence-electron chi connectivity index (χ3n) is 6.10. The van der Waals surface area contributed by atoms with E-state index in [2.05, 4.69) is 11.8 Å². The number of hydrogen-bond donors (Lipinski definition) is 1. The summed E-state index contributed by atoms with van der Waals surface area (Å²) in [6.07, 6.45) is -0.527. The number of carbonyl (C=O) groups is 1. The van der Waals surface area contributed by atoms with E-state index in [-0.39, 0.29) is 0 Å². The molecule has 1 saturated heterocycles. The number of aryl methyl sites for hydroxylation is 2. The predicted octanol–water partition coefficient (Wildman–Crippen LogP) is 3.37. The molecular weight excluding hydrogens is 485 g/mol. The quantitative estimate of drug-likeness (QED) is 0.667. The summed E-state index contributed by atoms with van der Waals surface area (Å²) in [7, 11) is -3.49. The second-order valence-electron chi connectivity index (χ2n) is 8.43. The van der Waals surface area contributed by atoms with E-state index < -0.39 is 22.2 Å². The van der Waals surface area contributed by atoms with Gasteiger partial charge in [0.15, 0.2) is 0 Å². The molecule has 1 N–H and O–H groups in total. The van der Waals surface area contributed by atoms with Crippen molar-refractivity contribution in [1.82, 2.24) is 14.3 Å². The van der Waals surface area contributed by atoms with Crippen LogP contribution in [0.3, 0.4) is 0 Å². The largest absolute Gasteiger partial charge is 0.490 e. The average Bonchev–Trinajstić information content (AvgIpc) is 3.25. The first-order chi connectivity index (χ1) is 16.4. The van der Waals surface area contributed by atoms with Gasteiger partial charge in [0.25, 0.3) is 0 Å². The maximum Gasteiger partial charge on any atom is 0.490 e. The smallest absolute Gasteiger partial charge is 0.475 e. The Kier molecular flexibility index (Phi) is 8.37. The van der Waals surface area contributed by atoms with Crippen molar-refractivity contribution in [2.24, 2.45) is 0 Å². The molecular formula is C23H29F3N4O4S. The Morgan fingerprint density at radius 1 is 1.03 bits per heavy atom. The first-order valence-electron chi connectivity index (χ1n) is 11.4. The van der Waals surface area contributed by atoms with E-state index in [0.717, 1.165) is 48.0 Å². The fourth-order valence-corrected chi connectivity index (χ4v) is 5.54. The maximum atomic E-state index is 13.1. The molecule has 192 valence electrons. The number of anilines is 1. The zero-order chi connectivity index (χ0) is 25.8. The van der Waals surface area contributed by atoms with E-state index in [1.54, 1.807) is 16.4 Å². The van der Waals surface area contributed by atoms with Crippen LogP contribution in [-0.2, 0) is 34.1 Å². The lowest BCUT2D eigenvalue weighted by atomic mass is 10.1. The van der Waals surface area contributed by atoms with Crippen molar-refractivity contribution in [3.8, 4) is 0 Å². The van der Waals surface area contributed by atoms with Crippen molar-refractivity contribution in [2.45, 2.75) is 57.0 Å². The molecule has 1 aromatic heterocycles. The van der Waals surface area contributed by atoms with Crippen LogP contribution in [-0.4, -0.2) is 66.1 Å².